The minimum Gasteiger partial charge on any atom is -0.388 e. The van der Waals surface area contributed by atoms with E-state index >= 15 is 0 Å². The minimum absolute atomic E-state index is 0.572. The highest BCUT2D eigenvalue weighted by atomic mass is 79.9. The topological polar surface area (TPSA) is 20.2 Å². The van der Waals surface area contributed by atoms with E-state index in [1.165, 1.54) is 11.1 Å². The predicted octanol–water partition coefficient (Wildman–Crippen LogP) is 5.00. The maximum atomic E-state index is 10.3. The molecule has 1 unspecified atom stereocenters. The van der Waals surface area contributed by atoms with Gasteiger partial charge < -0.3 is 5.11 Å². The molecule has 1 atom stereocenters. The van der Waals surface area contributed by atoms with Crippen LogP contribution in [0, 0.1) is 13.8 Å². The van der Waals surface area contributed by atoms with E-state index in [4.69, 9.17) is 11.6 Å². The third kappa shape index (κ3) is 3.59. The third-order valence-corrected chi connectivity index (χ3v) is 4.14. The van der Waals surface area contributed by atoms with E-state index in [1.807, 2.05) is 12.1 Å². The first kappa shape index (κ1) is 14.6. The molecule has 0 spiro atoms. The van der Waals surface area contributed by atoms with Crippen LogP contribution in [-0.4, -0.2) is 5.11 Å². The molecular weight excluding hydrogens is 324 g/mol. The number of aliphatic hydroxyl groups is 1. The van der Waals surface area contributed by atoms with Crippen molar-refractivity contribution in [2.45, 2.75) is 26.4 Å². The Hall–Kier alpha value is -0.830. The highest BCUT2D eigenvalue weighted by Gasteiger charge is 2.13. The van der Waals surface area contributed by atoms with Crippen LogP contribution in [-0.2, 0) is 6.42 Å². The first-order chi connectivity index (χ1) is 8.97. The van der Waals surface area contributed by atoms with Gasteiger partial charge in [0.25, 0.3) is 0 Å². The molecule has 3 heteroatoms. The van der Waals surface area contributed by atoms with Crippen LogP contribution in [0.3, 0.4) is 0 Å². The Kier molecular flexibility index (Phi) is 4.67. The number of benzene rings is 2. The largest absolute Gasteiger partial charge is 0.388 e. The lowest BCUT2D eigenvalue weighted by Crippen LogP contribution is -2.03. The molecule has 0 aliphatic heterocycles. The number of hydrogen-bond acceptors (Lipinski definition) is 1. The van der Waals surface area contributed by atoms with Gasteiger partial charge in [0.05, 0.1) is 6.10 Å². The van der Waals surface area contributed by atoms with Crippen LogP contribution >= 0.6 is 27.5 Å². The SMILES string of the molecule is Cc1ccc(CC(O)c2ccc(Br)cc2Cl)cc1C. The fourth-order valence-corrected chi connectivity index (χ4v) is 2.83. The van der Waals surface area contributed by atoms with Gasteiger partial charge in [-0.2, -0.15) is 0 Å². The summed E-state index contributed by atoms with van der Waals surface area (Å²) >= 11 is 9.52. The second-order valence-corrected chi connectivity index (χ2v) is 6.13. The van der Waals surface area contributed by atoms with Crippen LogP contribution in [0.4, 0.5) is 0 Å². The molecule has 0 saturated carbocycles. The quantitative estimate of drug-likeness (QED) is 0.834. The smallest absolute Gasteiger partial charge is 0.0844 e. The second-order valence-electron chi connectivity index (χ2n) is 4.80. The third-order valence-electron chi connectivity index (χ3n) is 3.32. The van der Waals surface area contributed by atoms with Crippen LogP contribution in [0.2, 0.25) is 5.02 Å². The average molecular weight is 340 g/mol. The molecule has 19 heavy (non-hydrogen) atoms. The summed E-state index contributed by atoms with van der Waals surface area (Å²) in [5.74, 6) is 0. The number of hydrogen-bond donors (Lipinski definition) is 1. The lowest BCUT2D eigenvalue weighted by Gasteiger charge is -2.14. The molecule has 1 N–H and O–H groups in total. The van der Waals surface area contributed by atoms with E-state index in [-0.39, 0.29) is 0 Å². The second kappa shape index (κ2) is 6.08. The van der Waals surface area contributed by atoms with Gasteiger partial charge in [-0.25, -0.2) is 0 Å². The zero-order valence-electron chi connectivity index (χ0n) is 11.0. The van der Waals surface area contributed by atoms with Gasteiger partial charge in [0.15, 0.2) is 0 Å². The first-order valence-electron chi connectivity index (χ1n) is 6.16. The first-order valence-corrected chi connectivity index (χ1v) is 7.33. The van der Waals surface area contributed by atoms with Crippen molar-refractivity contribution >= 4 is 27.5 Å². The molecule has 2 rings (SSSR count). The Morgan fingerprint density at radius 1 is 1.11 bits per heavy atom. The molecule has 0 heterocycles. The Morgan fingerprint density at radius 3 is 2.47 bits per heavy atom. The normalized spacial score (nSPS) is 12.5. The molecule has 0 aliphatic carbocycles. The molecule has 0 saturated heterocycles. The van der Waals surface area contributed by atoms with Crippen molar-refractivity contribution in [2.75, 3.05) is 0 Å². The molecule has 1 nitrogen and oxygen atoms in total. The van der Waals surface area contributed by atoms with Gasteiger partial charge in [0.2, 0.25) is 0 Å². The average Bonchev–Trinajstić information content (AvgIpc) is 2.33. The van der Waals surface area contributed by atoms with Gasteiger partial charge in [-0.15, -0.1) is 0 Å². The van der Waals surface area contributed by atoms with Gasteiger partial charge in [-0.1, -0.05) is 51.8 Å². The molecule has 0 radical (unpaired) electrons. The van der Waals surface area contributed by atoms with Crippen LogP contribution in [0.1, 0.15) is 28.4 Å². The molecule has 0 bridgehead atoms. The maximum Gasteiger partial charge on any atom is 0.0844 e. The summed E-state index contributed by atoms with van der Waals surface area (Å²) in [6, 6.07) is 11.8. The summed E-state index contributed by atoms with van der Waals surface area (Å²) in [6.07, 6.45) is -0.00893. The van der Waals surface area contributed by atoms with Crippen LogP contribution < -0.4 is 0 Å². The molecule has 2 aromatic rings. The van der Waals surface area contributed by atoms with Crippen molar-refractivity contribution in [3.63, 3.8) is 0 Å². The van der Waals surface area contributed by atoms with Crippen molar-refractivity contribution in [1.29, 1.82) is 0 Å². The summed E-state index contributed by atoms with van der Waals surface area (Å²) in [6.45, 7) is 4.17. The Morgan fingerprint density at radius 2 is 1.84 bits per heavy atom. The van der Waals surface area contributed by atoms with Gasteiger partial charge in [0, 0.05) is 15.9 Å². The van der Waals surface area contributed by atoms with Crippen molar-refractivity contribution in [3.8, 4) is 0 Å². The van der Waals surface area contributed by atoms with Crippen LogP contribution in [0.5, 0.6) is 0 Å². The van der Waals surface area contributed by atoms with Crippen molar-refractivity contribution in [2.24, 2.45) is 0 Å². The van der Waals surface area contributed by atoms with E-state index < -0.39 is 6.10 Å². The minimum atomic E-state index is -0.581. The Labute approximate surface area is 127 Å². The Bertz CT molecular complexity index is 595. The molecule has 0 aromatic heterocycles. The fourth-order valence-electron chi connectivity index (χ4n) is 2.04. The zero-order chi connectivity index (χ0) is 14.0. The van der Waals surface area contributed by atoms with Crippen molar-refractivity contribution in [3.05, 3.63) is 68.1 Å². The van der Waals surface area contributed by atoms with Crippen LogP contribution in [0.25, 0.3) is 0 Å². The monoisotopic (exact) mass is 338 g/mol. The molecule has 100 valence electrons. The summed E-state index contributed by atoms with van der Waals surface area (Å²) in [5, 5.41) is 10.9. The lowest BCUT2D eigenvalue weighted by molar-refractivity contribution is 0.178. The molecule has 0 aliphatic rings. The lowest BCUT2D eigenvalue weighted by atomic mass is 9.98. The molecule has 0 amide bonds. The number of rotatable bonds is 3. The van der Waals surface area contributed by atoms with E-state index in [0.717, 1.165) is 15.6 Å². The Balaban J connectivity index is 2.20. The van der Waals surface area contributed by atoms with Gasteiger partial charge in [-0.05, 0) is 48.2 Å². The van der Waals surface area contributed by atoms with E-state index in [0.29, 0.717) is 11.4 Å². The number of aryl methyl sites for hydroxylation is 2. The van der Waals surface area contributed by atoms with Gasteiger partial charge >= 0.3 is 0 Å². The summed E-state index contributed by atoms with van der Waals surface area (Å²) in [7, 11) is 0. The fraction of sp³-hybridized carbons (Fsp3) is 0.250. The number of aliphatic hydroxyl groups excluding tert-OH is 1. The van der Waals surface area contributed by atoms with Gasteiger partial charge in [-0.3, -0.25) is 0 Å². The molecule has 0 fully saturated rings. The predicted molar refractivity (Wildman–Crippen MR) is 83.7 cm³/mol. The molecule has 2 aromatic carbocycles. The van der Waals surface area contributed by atoms with E-state index in [1.54, 1.807) is 6.07 Å². The van der Waals surface area contributed by atoms with Crippen molar-refractivity contribution < 1.29 is 5.11 Å². The van der Waals surface area contributed by atoms with Gasteiger partial charge in [0.1, 0.15) is 0 Å². The highest BCUT2D eigenvalue weighted by Crippen LogP contribution is 2.28. The maximum absolute atomic E-state index is 10.3. The van der Waals surface area contributed by atoms with E-state index in [2.05, 4.69) is 48.0 Å². The standard InChI is InChI=1S/C16H16BrClO/c1-10-3-4-12(7-11(10)2)8-16(19)14-6-5-13(17)9-15(14)18/h3-7,9,16,19H,8H2,1-2H3. The van der Waals surface area contributed by atoms with E-state index in [9.17, 15) is 5.11 Å². The summed E-state index contributed by atoms with van der Waals surface area (Å²) in [5.41, 5.74) is 4.39. The summed E-state index contributed by atoms with van der Waals surface area (Å²) in [4.78, 5) is 0. The number of halogens is 2. The molecular formula is C16H16BrClO. The van der Waals surface area contributed by atoms with Crippen LogP contribution in [0.15, 0.2) is 40.9 Å². The highest BCUT2D eigenvalue weighted by molar-refractivity contribution is 9.10. The van der Waals surface area contributed by atoms with Crippen molar-refractivity contribution in [1.82, 2.24) is 0 Å². The summed E-state index contributed by atoms with van der Waals surface area (Å²) < 4.78 is 0.916. The zero-order valence-corrected chi connectivity index (χ0v) is 13.3.